The molecule has 3 aromatic rings. The number of nitrogens with zero attached hydrogens (tertiary/aromatic N) is 3. The highest BCUT2D eigenvalue weighted by atomic mass is 19.2. The van der Waals surface area contributed by atoms with Crippen molar-refractivity contribution in [2.45, 2.75) is 37.6 Å². The van der Waals surface area contributed by atoms with E-state index in [-0.39, 0.29) is 24.7 Å². The molecule has 0 radical (unpaired) electrons. The maximum atomic E-state index is 15.2. The third-order valence-corrected chi connectivity index (χ3v) is 7.19. The smallest absolute Gasteiger partial charge is 0.277 e. The van der Waals surface area contributed by atoms with E-state index in [4.69, 9.17) is 4.74 Å². The zero-order valence-electron chi connectivity index (χ0n) is 19.5. The van der Waals surface area contributed by atoms with Gasteiger partial charge in [0.05, 0.1) is 6.61 Å². The second kappa shape index (κ2) is 8.65. The number of benzene rings is 2. The Balaban J connectivity index is 1.66. The Labute approximate surface area is 206 Å². The van der Waals surface area contributed by atoms with Crippen molar-refractivity contribution in [2.24, 2.45) is 0 Å². The van der Waals surface area contributed by atoms with Crippen molar-refractivity contribution in [3.05, 3.63) is 92.9 Å². The summed E-state index contributed by atoms with van der Waals surface area (Å²) in [7, 11) is 0. The summed E-state index contributed by atoms with van der Waals surface area (Å²) >= 11 is 0. The molecule has 0 spiro atoms. The molecule has 1 amide bonds. The zero-order chi connectivity index (χ0) is 25.0. The van der Waals surface area contributed by atoms with E-state index < -0.39 is 34.8 Å². The lowest BCUT2D eigenvalue weighted by Crippen LogP contribution is -2.55. The summed E-state index contributed by atoms with van der Waals surface area (Å²) in [5.41, 5.74) is 1.55. The molecule has 7 nitrogen and oxygen atoms in total. The van der Waals surface area contributed by atoms with Crippen molar-refractivity contribution < 1.29 is 23.4 Å². The van der Waals surface area contributed by atoms with E-state index in [0.717, 1.165) is 30.0 Å². The summed E-state index contributed by atoms with van der Waals surface area (Å²) in [4.78, 5) is 27.2. The number of aromatic hydroxyl groups is 1. The van der Waals surface area contributed by atoms with Crippen LogP contribution in [0.15, 0.2) is 53.5 Å². The van der Waals surface area contributed by atoms with E-state index in [9.17, 15) is 19.1 Å². The van der Waals surface area contributed by atoms with Gasteiger partial charge in [-0.25, -0.2) is 4.39 Å². The van der Waals surface area contributed by atoms with Crippen LogP contribution in [0.5, 0.6) is 11.5 Å². The van der Waals surface area contributed by atoms with Gasteiger partial charge in [0, 0.05) is 24.4 Å². The number of carbonyl (C=O) groups excluding carboxylic acids is 1. The molecule has 36 heavy (non-hydrogen) atoms. The Morgan fingerprint density at radius 2 is 1.72 bits per heavy atom. The van der Waals surface area contributed by atoms with Gasteiger partial charge in [-0.15, -0.1) is 0 Å². The maximum absolute atomic E-state index is 15.2. The maximum Gasteiger partial charge on any atom is 0.277 e. The Bertz CT molecular complexity index is 1420. The van der Waals surface area contributed by atoms with E-state index in [1.807, 2.05) is 29.3 Å². The van der Waals surface area contributed by atoms with Crippen LogP contribution in [0.1, 0.15) is 64.8 Å². The van der Waals surface area contributed by atoms with Crippen LogP contribution in [0.3, 0.4) is 0 Å². The van der Waals surface area contributed by atoms with Gasteiger partial charge in [0.25, 0.3) is 5.91 Å². The summed E-state index contributed by atoms with van der Waals surface area (Å²) in [6.45, 7) is 0.629. The SMILES string of the molecule is O=C1c2c(O)c(=O)ccn2N2CN1CCCCOc1c(ccc(F)c1F)[C@H]2c1ccccc1C1CC1. The second-order valence-electron chi connectivity index (χ2n) is 9.51. The number of pyridine rings is 1. The molecule has 3 aliphatic rings. The molecule has 1 fully saturated rings. The zero-order valence-corrected chi connectivity index (χ0v) is 19.5. The van der Waals surface area contributed by atoms with Gasteiger partial charge in [-0.2, -0.15) is 4.39 Å². The normalized spacial score (nSPS) is 19.7. The van der Waals surface area contributed by atoms with E-state index in [2.05, 4.69) is 0 Å². The molecule has 2 bridgehead atoms. The highest BCUT2D eigenvalue weighted by Crippen LogP contribution is 2.47. The number of amides is 1. The third-order valence-electron chi connectivity index (χ3n) is 7.19. The molecule has 186 valence electrons. The molecule has 6 rings (SSSR count). The number of ether oxygens (including phenoxy) is 1. The lowest BCUT2D eigenvalue weighted by Gasteiger charge is -2.44. The van der Waals surface area contributed by atoms with Crippen molar-refractivity contribution in [3.63, 3.8) is 0 Å². The average Bonchev–Trinajstić information content (AvgIpc) is 3.72. The van der Waals surface area contributed by atoms with Crippen molar-refractivity contribution in [3.8, 4) is 11.5 Å². The van der Waals surface area contributed by atoms with Crippen molar-refractivity contribution in [1.29, 1.82) is 0 Å². The molecule has 1 aliphatic carbocycles. The molecule has 1 aromatic heterocycles. The van der Waals surface area contributed by atoms with Crippen LogP contribution in [0, 0.1) is 11.6 Å². The lowest BCUT2D eigenvalue weighted by molar-refractivity contribution is 0.0676. The van der Waals surface area contributed by atoms with E-state index in [1.54, 1.807) is 4.90 Å². The van der Waals surface area contributed by atoms with Crippen molar-refractivity contribution >= 4 is 5.91 Å². The van der Waals surface area contributed by atoms with Crippen LogP contribution < -0.4 is 15.2 Å². The number of aromatic nitrogens is 1. The minimum Gasteiger partial charge on any atom is -0.502 e. The monoisotopic (exact) mass is 493 g/mol. The summed E-state index contributed by atoms with van der Waals surface area (Å²) in [5.74, 6) is -2.98. The average molecular weight is 494 g/mol. The lowest BCUT2D eigenvalue weighted by atomic mass is 9.91. The van der Waals surface area contributed by atoms with Gasteiger partial charge in [0.1, 0.15) is 12.7 Å². The second-order valence-corrected chi connectivity index (χ2v) is 9.51. The number of hydrogen-bond donors (Lipinski definition) is 1. The topological polar surface area (TPSA) is 75.0 Å². The number of halogens is 2. The molecule has 0 saturated heterocycles. The minimum absolute atomic E-state index is 0.121. The highest BCUT2D eigenvalue weighted by molar-refractivity contribution is 5.96. The Kier molecular flexibility index (Phi) is 5.43. The Morgan fingerprint density at radius 1 is 0.944 bits per heavy atom. The highest BCUT2D eigenvalue weighted by Gasteiger charge is 2.40. The van der Waals surface area contributed by atoms with Gasteiger partial charge in [-0.1, -0.05) is 24.3 Å². The Hall–Kier alpha value is -3.88. The fourth-order valence-electron chi connectivity index (χ4n) is 5.27. The van der Waals surface area contributed by atoms with Gasteiger partial charge in [-0.3, -0.25) is 19.3 Å². The van der Waals surface area contributed by atoms with Gasteiger partial charge in [0.2, 0.25) is 11.2 Å². The van der Waals surface area contributed by atoms with E-state index >= 15 is 4.39 Å². The van der Waals surface area contributed by atoms with Crippen LogP contribution >= 0.6 is 0 Å². The molecule has 1 saturated carbocycles. The minimum atomic E-state index is -1.06. The fraction of sp³-hybridized carbons (Fsp3) is 0.333. The first kappa shape index (κ1) is 22.6. The molecular weight excluding hydrogens is 468 g/mol. The largest absolute Gasteiger partial charge is 0.502 e. The number of carbonyl (C=O) groups is 1. The van der Waals surface area contributed by atoms with Crippen LogP contribution in [-0.4, -0.2) is 40.4 Å². The first-order valence-corrected chi connectivity index (χ1v) is 12.2. The molecule has 1 atom stereocenters. The van der Waals surface area contributed by atoms with E-state index in [1.165, 1.54) is 23.0 Å². The van der Waals surface area contributed by atoms with Crippen LogP contribution in [-0.2, 0) is 0 Å². The molecule has 3 heterocycles. The van der Waals surface area contributed by atoms with Gasteiger partial charge >= 0.3 is 0 Å². The fourth-order valence-corrected chi connectivity index (χ4v) is 5.27. The quantitative estimate of drug-likeness (QED) is 0.584. The standard InChI is InChI=1S/C27H25F2N3O4/c28-20-10-9-19-23(18-6-2-1-5-17(18)16-7-8-16)32-15-30(12-3-4-14-36-26(19)22(20)29)27(35)24-25(34)21(33)11-13-31(24)32/h1-2,5-6,9-11,13,16,23,34H,3-4,7-8,12,14-15H2/t23-/m1/s1. The number of hydrogen-bond acceptors (Lipinski definition) is 5. The number of rotatable bonds is 2. The van der Waals surface area contributed by atoms with E-state index in [0.29, 0.717) is 30.9 Å². The predicted octanol–water partition coefficient (Wildman–Crippen LogP) is 4.02. The van der Waals surface area contributed by atoms with Gasteiger partial charge in [-0.05, 0) is 54.9 Å². The first-order chi connectivity index (χ1) is 17.5. The summed E-state index contributed by atoms with van der Waals surface area (Å²) in [5, 5.41) is 12.5. The molecule has 9 heteroatoms. The van der Waals surface area contributed by atoms with Gasteiger partial charge < -0.3 is 14.7 Å². The summed E-state index contributed by atoms with van der Waals surface area (Å²) in [6, 6.07) is 10.9. The van der Waals surface area contributed by atoms with Gasteiger partial charge in [0.15, 0.2) is 23.0 Å². The molecule has 2 aliphatic heterocycles. The molecular formula is C27H25F2N3O4. The van der Waals surface area contributed by atoms with Crippen molar-refractivity contribution in [2.75, 3.05) is 24.8 Å². The number of fused-ring (bicyclic) bond motifs is 5. The molecule has 2 aromatic carbocycles. The first-order valence-electron chi connectivity index (χ1n) is 12.2. The predicted molar refractivity (Wildman–Crippen MR) is 128 cm³/mol. The molecule has 0 unspecified atom stereocenters. The molecule has 1 N–H and O–H groups in total. The summed E-state index contributed by atoms with van der Waals surface area (Å²) < 4.78 is 36.9. The van der Waals surface area contributed by atoms with Crippen LogP contribution in [0.4, 0.5) is 8.78 Å². The van der Waals surface area contributed by atoms with Crippen molar-refractivity contribution in [1.82, 2.24) is 9.58 Å². The Morgan fingerprint density at radius 3 is 2.50 bits per heavy atom. The summed E-state index contributed by atoms with van der Waals surface area (Å²) in [6.07, 6.45) is 4.56. The third kappa shape index (κ3) is 3.61. The van der Waals surface area contributed by atoms with Crippen LogP contribution in [0.25, 0.3) is 0 Å². The van der Waals surface area contributed by atoms with Crippen LogP contribution in [0.2, 0.25) is 0 Å².